The Morgan fingerprint density at radius 1 is 0.900 bits per heavy atom. The fourth-order valence-electron chi connectivity index (χ4n) is 3.60. The average Bonchev–Trinajstić information content (AvgIpc) is 2.77. The number of hydrogen-bond acceptors (Lipinski definition) is 3. The van der Waals surface area contributed by atoms with Gasteiger partial charge in [0.05, 0.1) is 0 Å². The van der Waals surface area contributed by atoms with Crippen LogP contribution in [0.3, 0.4) is 0 Å². The van der Waals surface area contributed by atoms with E-state index in [0.717, 1.165) is 48.5 Å². The number of ether oxygens (including phenoxy) is 1. The van der Waals surface area contributed by atoms with Gasteiger partial charge in [0.2, 0.25) is 0 Å². The van der Waals surface area contributed by atoms with Crippen molar-refractivity contribution < 1.29 is 9.53 Å². The van der Waals surface area contributed by atoms with Crippen molar-refractivity contribution in [3.8, 4) is 16.9 Å². The molecule has 0 spiro atoms. The van der Waals surface area contributed by atoms with Crippen molar-refractivity contribution in [2.45, 2.75) is 18.9 Å². The largest absolute Gasteiger partial charge is 0.490 e. The highest BCUT2D eigenvalue weighted by atomic mass is 16.5. The first-order valence-electron chi connectivity index (χ1n) is 10.3. The highest BCUT2D eigenvalue weighted by Crippen LogP contribution is 2.25. The predicted octanol–water partition coefficient (Wildman–Crippen LogP) is 3.87. The standard InChI is InChI=1S/C25H25BN2O2/c1-28-16-14-24(15-17-28)30-23-12-6-19(7-13-23)18-4-10-22(11-5-18)27-25(29)20-2-8-21(26)9-3-20/h2-13,24H,14-17H2,1H3,(H,27,29). The predicted molar refractivity (Wildman–Crippen MR) is 123 cm³/mol. The zero-order valence-corrected chi connectivity index (χ0v) is 17.2. The maximum Gasteiger partial charge on any atom is 0.255 e. The second kappa shape index (κ2) is 9.18. The lowest BCUT2D eigenvalue weighted by Crippen LogP contribution is -2.35. The molecule has 1 aliphatic heterocycles. The summed E-state index contributed by atoms with van der Waals surface area (Å²) in [5.74, 6) is 0.763. The van der Waals surface area contributed by atoms with E-state index < -0.39 is 0 Å². The van der Waals surface area contributed by atoms with Crippen molar-refractivity contribution in [3.05, 3.63) is 78.4 Å². The molecule has 4 nitrogen and oxygen atoms in total. The quantitative estimate of drug-likeness (QED) is 0.666. The van der Waals surface area contributed by atoms with E-state index in [2.05, 4.69) is 29.4 Å². The lowest BCUT2D eigenvalue weighted by atomic mass is 9.95. The molecule has 4 rings (SSSR count). The fourth-order valence-corrected chi connectivity index (χ4v) is 3.60. The number of carbonyl (C=O) groups excluding carboxylic acids is 1. The Morgan fingerprint density at radius 3 is 2.07 bits per heavy atom. The molecule has 0 unspecified atom stereocenters. The summed E-state index contributed by atoms with van der Waals surface area (Å²) < 4.78 is 6.12. The van der Waals surface area contributed by atoms with Crippen molar-refractivity contribution in [2.75, 3.05) is 25.5 Å². The summed E-state index contributed by atoms with van der Waals surface area (Å²) in [6, 6.07) is 22.9. The molecule has 2 radical (unpaired) electrons. The Balaban J connectivity index is 1.36. The van der Waals surface area contributed by atoms with E-state index in [4.69, 9.17) is 12.6 Å². The molecule has 1 aliphatic rings. The van der Waals surface area contributed by atoms with Gasteiger partial charge < -0.3 is 15.0 Å². The zero-order valence-electron chi connectivity index (χ0n) is 17.2. The Morgan fingerprint density at radius 2 is 1.47 bits per heavy atom. The molecule has 3 aromatic carbocycles. The summed E-state index contributed by atoms with van der Waals surface area (Å²) in [7, 11) is 7.82. The zero-order chi connectivity index (χ0) is 20.9. The van der Waals surface area contributed by atoms with Gasteiger partial charge in [0.1, 0.15) is 19.7 Å². The molecule has 150 valence electrons. The maximum absolute atomic E-state index is 12.3. The van der Waals surface area contributed by atoms with Gasteiger partial charge in [-0.25, -0.2) is 0 Å². The highest BCUT2D eigenvalue weighted by Gasteiger charge is 2.17. The van der Waals surface area contributed by atoms with Gasteiger partial charge in [0, 0.05) is 24.3 Å². The lowest BCUT2D eigenvalue weighted by molar-refractivity contribution is 0.102. The number of benzene rings is 3. The SMILES string of the molecule is [B]c1ccc(C(=O)Nc2ccc(-c3ccc(OC4CCN(C)CC4)cc3)cc2)cc1. The van der Waals surface area contributed by atoms with Crippen molar-refractivity contribution in [3.63, 3.8) is 0 Å². The van der Waals surface area contributed by atoms with Crippen LogP contribution in [0.2, 0.25) is 0 Å². The number of rotatable bonds is 5. The van der Waals surface area contributed by atoms with E-state index in [1.807, 2.05) is 36.4 Å². The minimum atomic E-state index is -0.154. The van der Waals surface area contributed by atoms with Crippen LogP contribution < -0.4 is 15.5 Å². The highest BCUT2D eigenvalue weighted by molar-refractivity contribution is 6.32. The molecule has 5 heteroatoms. The Hall–Kier alpha value is -3.05. The number of nitrogens with zero attached hydrogens (tertiary/aromatic N) is 1. The van der Waals surface area contributed by atoms with Gasteiger partial charge in [-0.15, -0.1) is 0 Å². The molecule has 1 amide bonds. The Bertz CT molecular complexity index is 977. The third kappa shape index (κ3) is 5.11. The van der Waals surface area contributed by atoms with Gasteiger partial charge in [-0.05, 0) is 55.3 Å². The second-order valence-electron chi connectivity index (χ2n) is 7.80. The molecule has 1 heterocycles. The number of anilines is 1. The van der Waals surface area contributed by atoms with Crippen molar-refractivity contribution in [1.29, 1.82) is 0 Å². The van der Waals surface area contributed by atoms with Gasteiger partial charge in [-0.2, -0.15) is 0 Å². The first kappa shape index (κ1) is 20.2. The number of hydrogen-bond donors (Lipinski definition) is 1. The summed E-state index contributed by atoms with van der Waals surface area (Å²) in [5.41, 5.74) is 4.17. The molecule has 0 saturated carbocycles. The molecule has 1 saturated heterocycles. The molecule has 3 aromatic rings. The Kier molecular flexibility index (Phi) is 6.19. The van der Waals surface area contributed by atoms with Gasteiger partial charge >= 0.3 is 0 Å². The number of carbonyl (C=O) groups is 1. The number of nitrogens with one attached hydrogen (secondary N) is 1. The van der Waals surface area contributed by atoms with E-state index in [9.17, 15) is 4.79 Å². The molecule has 1 N–H and O–H groups in total. The summed E-state index contributed by atoms with van der Waals surface area (Å²) in [6.45, 7) is 2.17. The van der Waals surface area contributed by atoms with Crippen LogP contribution in [-0.4, -0.2) is 44.9 Å². The minimum absolute atomic E-state index is 0.154. The summed E-state index contributed by atoms with van der Waals surface area (Å²) in [5, 5.41) is 2.91. The van der Waals surface area contributed by atoms with Gasteiger partial charge in [0.25, 0.3) is 5.91 Å². The average molecular weight is 396 g/mol. The summed E-state index contributed by atoms with van der Waals surface area (Å²) in [6.07, 6.45) is 2.44. The monoisotopic (exact) mass is 396 g/mol. The van der Waals surface area contributed by atoms with Crippen molar-refractivity contribution in [2.24, 2.45) is 0 Å². The molecule has 0 atom stereocenters. The van der Waals surface area contributed by atoms with Crippen LogP contribution in [0.1, 0.15) is 23.2 Å². The maximum atomic E-state index is 12.3. The van der Waals surface area contributed by atoms with Crippen LogP contribution in [0.25, 0.3) is 11.1 Å². The van der Waals surface area contributed by atoms with E-state index in [1.165, 1.54) is 0 Å². The van der Waals surface area contributed by atoms with Crippen LogP contribution >= 0.6 is 0 Å². The number of amides is 1. The van der Waals surface area contributed by atoms with Crippen LogP contribution in [0, 0.1) is 0 Å². The molecular weight excluding hydrogens is 371 g/mol. The first-order chi connectivity index (χ1) is 14.6. The summed E-state index contributed by atoms with van der Waals surface area (Å²) in [4.78, 5) is 14.7. The minimum Gasteiger partial charge on any atom is -0.490 e. The molecule has 0 aromatic heterocycles. The van der Waals surface area contributed by atoms with Gasteiger partial charge in [-0.3, -0.25) is 4.79 Å². The third-order valence-electron chi connectivity index (χ3n) is 5.47. The summed E-state index contributed by atoms with van der Waals surface area (Å²) >= 11 is 0. The van der Waals surface area contributed by atoms with E-state index >= 15 is 0 Å². The second-order valence-corrected chi connectivity index (χ2v) is 7.80. The first-order valence-corrected chi connectivity index (χ1v) is 10.3. The fraction of sp³-hybridized carbons (Fsp3) is 0.240. The normalized spacial score (nSPS) is 15.0. The van der Waals surface area contributed by atoms with Crippen molar-refractivity contribution >= 4 is 24.9 Å². The number of piperidine rings is 1. The van der Waals surface area contributed by atoms with E-state index in [0.29, 0.717) is 17.1 Å². The molecule has 1 fully saturated rings. The van der Waals surface area contributed by atoms with Crippen LogP contribution in [0.4, 0.5) is 5.69 Å². The third-order valence-corrected chi connectivity index (χ3v) is 5.47. The molecule has 0 aliphatic carbocycles. The molecule has 30 heavy (non-hydrogen) atoms. The topological polar surface area (TPSA) is 41.6 Å². The van der Waals surface area contributed by atoms with Gasteiger partial charge in [0.15, 0.2) is 0 Å². The van der Waals surface area contributed by atoms with Crippen LogP contribution in [0.15, 0.2) is 72.8 Å². The van der Waals surface area contributed by atoms with Crippen LogP contribution in [0.5, 0.6) is 5.75 Å². The van der Waals surface area contributed by atoms with E-state index in [-0.39, 0.29) is 5.91 Å². The van der Waals surface area contributed by atoms with E-state index in [1.54, 1.807) is 24.3 Å². The molecule has 0 bridgehead atoms. The molecular formula is C25H25BN2O2. The van der Waals surface area contributed by atoms with Crippen LogP contribution in [-0.2, 0) is 0 Å². The van der Waals surface area contributed by atoms with Gasteiger partial charge in [-0.1, -0.05) is 54.0 Å². The van der Waals surface area contributed by atoms with Crippen molar-refractivity contribution in [1.82, 2.24) is 4.90 Å². The lowest BCUT2D eigenvalue weighted by Gasteiger charge is -2.29. The number of likely N-dealkylation sites (tertiary alicyclic amines) is 1. The Labute approximate surface area is 179 Å². The smallest absolute Gasteiger partial charge is 0.255 e.